The summed E-state index contributed by atoms with van der Waals surface area (Å²) in [7, 11) is 0. The Morgan fingerprint density at radius 2 is 1.38 bits per heavy atom. The van der Waals surface area contributed by atoms with Crippen LogP contribution in [0.5, 0.6) is 5.75 Å². The van der Waals surface area contributed by atoms with Gasteiger partial charge in [-0.3, -0.25) is 9.55 Å². The molecule has 1 N–H and O–H groups in total. The summed E-state index contributed by atoms with van der Waals surface area (Å²) in [6.45, 7) is 9.12. The van der Waals surface area contributed by atoms with E-state index in [1.807, 2.05) is 37.3 Å². The van der Waals surface area contributed by atoms with Gasteiger partial charge in [0, 0.05) is 56.4 Å². The van der Waals surface area contributed by atoms with E-state index >= 15 is 0 Å². The first-order valence-electron chi connectivity index (χ1n) is 26.2. The van der Waals surface area contributed by atoms with E-state index in [1.54, 1.807) is 24.4 Å². The zero-order valence-electron chi connectivity index (χ0n) is 47.1. The van der Waals surface area contributed by atoms with Crippen LogP contribution in [0.3, 0.4) is 0 Å². The van der Waals surface area contributed by atoms with Crippen molar-refractivity contribution in [3.63, 3.8) is 0 Å². The average Bonchev–Trinajstić information content (AvgIpc) is 3.67. The van der Waals surface area contributed by atoms with Gasteiger partial charge in [0.2, 0.25) is 0 Å². The summed E-state index contributed by atoms with van der Waals surface area (Å²) in [4.78, 5) is 10.4. The minimum absolute atomic E-state index is 0. The number of benzene rings is 6. The van der Waals surface area contributed by atoms with Crippen molar-refractivity contribution in [2.24, 2.45) is 5.92 Å². The van der Waals surface area contributed by atoms with Crippen LogP contribution in [0, 0.1) is 18.9 Å². The topological polar surface area (TPSA) is 50.9 Å². The predicted molar refractivity (Wildman–Crippen MR) is 266 cm³/mol. The molecule has 0 aliphatic heterocycles. The molecule has 0 aliphatic rings. The zero-order chi connectivity index (χ0) is 52.5. The Hall–Kier alpha value is -5.57. The van der Waals surface area contributed by atoms with Crippen LogP contribution in [0.4, 0.5) is 0 Å². The van der Waals surface area contributed by atoms with Gasteiger partial charge in [0.05, 0.1) is 22.3 Å². The molecule has 6 aromatic carbocycles. The molecule has 0 fully saturated rings. The maximum Gasteiger partial charge on any atom is 0.148 e. The zero-order valence-corrected chi connectivity index (χ0v) is 40.4. The van der Waals surface area contributed by atoms with Gasteiger partial charge in [-0.2, -0.15) is 0 Å². The van der Waals surface area contributed by atoms with E-state index in [4.69, 9.17) is 22.3 Å². The predicted octanol–water partition coefficient (Wildman–Crippen LogP) is 15.7. The van der Waals surface area contributed by atoms with Crippen LogP contribution in [0.1, 0.15) is 116 Å². The Morgan fingerprint density at radius 3 is 2.05 bits per heavy atom. The third kappa shape index (κ3) is 9.45. The summed E-state index contributed by atoms with van der Waals surface area (Å²) in [5, 5.41) is 12.3. The largest absolute Gasteiger partial charge is 0.507 e. The van der Waals surface area contributed by atoms with Crippen LogP contribution in [0.2, 0.25) is 0 Å². The minimum atomic E-state index is -3.37. The molecular formula is C59H62N3OPt-. The fraction of sp³-hybridized carbons (Fsp3) is 0.288. The third-order valence-corrected chi connectivity index (χ3v) is 11.7. The second-order valence-corrected chi connectivity index (χ2v) is 19.4. The number of fused-ring (bicyclic) bond motifs is 1. The fourth-order valence-electron chi connectivity index (χ4n) is 8.44. The Kier molecular flexibility index (Phi) is 9.93. The Morgan fingerprint density at radius 1 is 0.656 bits per heavy atom. The number of aromatic hydroxyl groups is 1. The van der Waals surface area contributed by atoms with Gasteiger partial charge in [-0.15, -0.1) is 29.3 Å². The number of hydrogen-bond acceptors (Lipinski definition) is 3. The van der Waals surface area contributed by atoms with Crippen LogP contribution in [0.25, 0.3) is 72.7 Å². The number of hydrogen-bond donors (Lipinski definition) is 1. The van der Waals surface area contributed by atoms with Gasteiger partial charge in [-0.05, 0) is 99.2 Å². The van der Waals surface area contributed by atoms with E-state index in [0.717, 1.165) is 56.6 Å². The van der Waals surface area contributed by atoms with Crippen molar-refractivity contribution in [1.29, 1.82) is 0 Å². The van der Waals surface area contributed by atoms with Crippen LogP contribution >= 0.6 is 0 Å². The molecule has 0 radical (unpaired) electrons. The smallest absolute Gasteiger partial charge is 0.148 e. The number of rotatable bonds is 8. The Balaban J connectivity index is 0.00000780. The maximum absolute atomic E-state index is 12.3. The number of phenolic OH excluding ortho intramolecular Hbond substituents is 1. The summed E-state index contributed by atoms with van der Waals surface area (Å²) < 4.78 is 76.0. The van der Waals surface area contributed by atoms with E-state index in [9.17, 15) is 5.11 Å². The van der Waals surface area contributed by atoms with Gasteiger partial charge in [-0.25, -0.2) is 4.98 Å². The molecule has 8 rings (SSSR count). The van der Waals surface area contributed by atoms with E-state index in [-0.39, 0.29) is 43.2 Å². The van der Waals surface area contributed by atoms with Crippen LogP contribution in [-0.2, 0) is 43.7 Å². The van der Waals surface area contributed by atoms with Gasteiger partial charge in [0.15, 0.2) is 0 Å². The molecule has 0 atom stereocenters. The van der Waals surface area contributed by atoms with Crippen molar-refractivity contribution in [3.8, 4) is 67.5 Å². The van der Waals surface area contributed by atoms with Crippen molar-refractivity contribution in [1.82, 2.24) is 14.5 Å². The summed E-state index contributed by atoms with van der Waals surface area (Å²) >= 11 is 0. The number of nitrogens with zero attached hydrogens (tertiary/aromatic N) is 3. The van der Waals surface area contributed by atoms with Crippen molar-refractivity contribution in [2.45, 2.75) is 106 Å². The normalized spacial score (nSPS) is 14.9. The van der Waals surface area contributed by atoms with Crippen LogP contribution in [0.15, 0.2) is 134 Å². The second-order valence-electron chi connectivity index (χ2n) is 19.4. The van der Waals surface area contributed by atoms with Gasteiger partial charge in [0.1, 0.15) is 11.6 Å². The van der Waals surface area contributed by atoms with Crippen LogP contribution < -0.4 is 0 Å². The average molecular weight is 1030 g/mol. The first-order chi connectivity index (χ1) is 33.5. The van der Waals surface area contributed by atoms with E-state index in [2.05, 4.69) is 133 Å². The van der Waals surface area contributed by atoms with Crippen molar-refractivity contribution >= 4 is 11.0 Å². The monoisotopic (exact) mass is 1030 g/mol. The molecule has 0 saturated heterocycles. The molecule has 2 aromatic heterocycles. The van der Waals surface area contributed by atoms with E-state index in [1.165, 1.54) is 17.7 Å². The third-order valence-electron chi connectivity index (χ3n) is 11.7. The van der Waals surface area contributed by atoms with Gasteiger partial charge in [-0.1, -0.05) is 172 Å². The Bertz CT molecular complexity index is 3270. The summed E-state index contributed by atoms with van der Waals surface area (Å²) in [5.41, 5.74) is 9.37. The fourth-order valence-corrected chi connectivity index (χ4v) is 8.44. The second kappa shape index (κ2) is 17.8. The first kappa shape index (κ1) is 35.7. The molecule has 4 nitrogen and oxygen atoms in total. The number of aromatic nitrogens is 3. The summed E-state index contributed by atoms with van der Waals surface area (Å²) in [6, 6.07) is 44.5. The summed E-state index contributed by atoms with van der Waals surface area (Å²) in [6.07, 6.45) is 2.58. The molecule has 5 heteroatoms. The molecule has 0 bridgehead atoms. The first-order valence-corrected chi connectivity index (χ1v) is 21.7. The summed E-state index contributed by atoms with van der Waals surface area (Å²) in [5.74, 6) is 1.23. The van der Waals surface area contributed by atoms with Gasteiger partial charge in [0.25, 0.3) is 0 Å². The van der Waals surface area contributed by atoms with Gasteiger partial charge < -0.3 is 5.11 Å². The minimum Gasteiger partial charge on any atom is -0.507 e. The molecular weight excluding hydrogens is 962 g/mol. The quantitative estimate of drug-likeness (QED) is 0.154. The molecule has 64 heavy (non-hydrogen) atoms. The molecule has 330 valence electrons. The number of phenols is 1. The molecule has 0 saturated carbocycles. The van der Waals surface area contributed by atoms with E-state index < -0.39 is 26.0 Å². The number of aryl methyl sites for hydroxylation is 1. The molecule has 0 unspecified atom stereocenters. The van der Waals surface area contributed by atoms with Crippen LogP contribution in [-0.4, -0.2) is 19.6 Å². The van der Waals surface area contributed by atoms with E-state index in [0.29, 0.717) is 45.2 Å². The SMILES string of the molecule is [2H]C([2H])([2H])C(c1ccc(-c2ccnc(-c3[c-]c(-c4cccc5c4nc(-c4cc(C)cc(C(C)(C)C)c4O)n5-c4ccc(CC(C)C)cc4-c4ccccc4)cc(C(C)(C)C)c3)c2)cc1)(C([2H])([2H])[2H])C([2H])([2H])[2H].[Pt]. The number of imidazole rings is 1. The number of para-hydroxylation sites is 1. The van der Waals surface area contributed by atoms with Gasteiger partial charge >= 0.3 is 0 Å². The Labute approximate surface area is 408 Å². The maximum atomic E-state index is 12.3. The molecule has 0 amide bonds. The van der Waals surface area contributed by atoms with Crippen molar-refractivity contribution in [2.75, 3.05) is 0 Å². The molecule has 8 aromatic rings. The van der Waals surface area contributed by atoms with Crippen molar-refractivity contribution in [3.05, 3.63) is 167 Å². The molecule has 0 spiro atoms. The molecule has 0 aliphatic carbocycles. The van der Waals surface area contributed by atoms with Crippen molar-refractivity contribution < 1.29 is 38.5 Å². The standard InChI is InChI=1S/C59H62N3O.Pt/c1-37(2)29-39-21-26-52(48(32-39)41-17-14-13-15-18-41)62-53-20-16-19-47(54(53)61-56(62)49-30-38(3)31-50(55(49)63)59(10,11)12)43-33-44(35-46(34-43)58(7,8)9)51-36-42(27-28-60-51)40-22-24-45(25-23-40)57(4,5)6;/h13-28,30-32,34-37,63H,29H2,1-12H3;/q-1;/i4D3,5D3,6D3;. The number of pyridine rings is 1. The molecule has 2 heterocycles.